The van der Waals surface area contributed by atoms with Gasteiger partial charge in [-0.3, -0.25) is 8.98 Å². The van der Waals surface area contributed by atoms with E-state index in [9.17, 15) is 13.2 Å². The molecule has 6 nitrogen and oxygen atoms in total. The van der Waals surface area contributed by atoms with Crippen molar-refractivity contribution in [2.24, 2.45) is 23.2 Å². The number of ether oxygens (including phenoxy) is 2. The Kier molecular flexibility index (Phi) is 9.01. The topological polar surface area (TPSA) is 78.9 Å². The SMILES string of the molecule is Cc1ccc(S(=O)(=O)OCCCCC[C@@H]2Cc3cc(OC4CCCCO4)ccc3[C@H]3C(F)C[C@]4(C)C(=O)CC[C@H]4[C@H]23)cc1. The number of carbonyl (C=O) groups excluding carboxylic acids is 1. The van der Waals surface area contributed by atoms with Crippen LogP contribution < -0.4 is 4.74 Å². The van der Waals surface area contributed by atoms with Crippen LogP contribution in [-0.4, -0.2) is 39.9 Å². The van der Waals surface area contributed by atoms with Crippen molar-refractivity contribution in [2.45, 2.75) is 108 Å². The van der Waals surface area contributed by atoms with Crippen LogP contribution in [0.5, 0.6) is 5.75 Å². The van der Waals surface area contributed by atoms with Crippen LogP contribution in [0.15, 0.2) is 47.4 Å². The van der Waals surface area contributed by atoms with Crippen molar-refractivity contribution in [3.05, 3.63) is 59.2 Å². The minimum atomic E-state index is -3.77. The lowest BCUT2D eigenvalue weighted by Crippen LogP contribution is -2.50. The number of aryl methyl sites for hydroxylation is 1. The summed E-state index contributed by atoms with van der Waals surface area (Å²) < 4.78 is 58.6. The summed E-state index contributed by atoms with van der Waals surface area (Å²) >= 11 is 0. The summed E-state index contributed by atoms with van der Waals surface area (Å²) in [5.74, 6) is 1.38. The molecule has 0 amide bonds. The molecule has 0 bridgehead atoms. The molecular weight excluding hydrogens is 567 g/mol. The Balaban J connectivity index is 1.14. The van der Waals surface area contributed by atoms with E-state index in [0.29, 0.717) is 25.9 Å². The highest BCUT2D eigenvalue weighted by Crippen LogP contribution is 2.62. The van der Waals surface area contributed by atoms with Gasteiger partial charge in [0.15, 0.2) is 6.29 Å². The van der Waals surface area contributed by atoms with Crippen molar-refractivity contribution < 1.29 is 31.3 Å². The number of halogens is 1. The molecule has 0 spiro atoms. The predicted octanol–water partition coefficient (Wildman–Crippen LogP) is 7.47. The fourth-order valence-corrected chi connectivity index (χ4v) is 9.42. The zero-order chi connectivity index (χ0) is 30.2. The number of unbranched alkanes of at least 4 members (excludes halogenated alkanes) is 2. The average Bonchev–Trinajstić information content (AvgIpc) is 3.28. The Morgan fingerprint density at radius 3 is 2.63 bits per heavy atom. The molecule has 4 aliphatic rings. The molecule has 2 aromatic rings. The Bertz CT molecular complexity index is 1400. The first-order valence-corrected chi connectivity index (χ1v) is 17.6. The Hall–Kier alpha value is -2.29. The molecule has 1 aliphatic heterocycles. The average molecular weight is 613 g/mol. The summed E-state index contributed by atoms with van der Waals surface area (Å²) in [5, 5.41) is 0. The second-order valence-electron chi connectivity index (χ2n) is 13.5. The first kappa shape index (κ1) is 30.7. The minimum Gasteiger partial charge on any atom is -0.465 e. The lowest BCUT2D eigenvalue weighted by Gasteiger charge is -2.53. The van der Waals surface area contributed by atoms with E-state index in [2.05, 4.69) is 12.1 Å². The van der Waals surface area contributed by atoms with Gasteiger partial charge in [0, 0.05) is 24.2 Å². The van der Waals surface area contributed by atoms with Crippen LogP contribution in [0, 0.1) is 30.1 Å². The van der Waals surface area contributed by atoms with E-state index in [4.69, 9.17) is 13.7 Å². The van der Waals surface area contributed by atoms with Gasteiger partial charge in [-0.2, -0.15) is 8.42 Å². The van der Waals surface area contributed by atoms with Crippen LogP contribution in [0.25, 0.3) is 0 Å². The third-order valence-corrected chi connectivity index (χ3v) is 12.0. The first-order valence-electron chi connectivity index (χ1n) is 16.2. The Morgan fingerprint density at radius 2 is 1.86 bits per heavy atom. The minimum absolute atomic E-state index is 0.124. The van der Waals surface area contributed by atoms with Crippen molar-refractivity contribution >= 4 is 15.9 Å². The molecule has 3 aliphatic carbocycles. The number of ketones is 1. The molecule has 3 fully saturated rings. The van der Waals surface area contributed by atoms with Gasteiger partial charge in [-0.25, -0.2) is 4.39 Å². The van der Waals surface area contributed by atoms with E-state index in [1.54, 1.807) is 24.3 Å². The maximum atomic E-state index is 16.2. The van der Waals surface area contributed by atoms with Crippen molar-refractivity contribution in [3.63, 3.8) is 0 Å². The van der Waals surface area contributed by atoms with Crippen molar-refractivity contribution in [1.29, 1.82) is 0 Å². The van der Waals surface area contributed by atoms with Gasteiger partial charge in [-0.1, -0.05) is 43.5 Å². The highest BCUT2D eigenvalue weighted by Gasteiger charge is 2.60. The molecule has 2 unspecified atom stereocenters. The molecule has 8 heteroatoms. The quantitative estimate of drug-likeness (QED) is 0.205. The van der Waals surface area contributed by atoms with Gasteiger partial charge in [-0.05, 0) is 105 Å². The fraction of sp³-hybridized carbons (Fsp3) is 0.629. The Morgan fingerprint density at radius 1 is 1.05 bits per heavy atom. The van der Waals surface area contributed by atoms with Gasteiger partial charge in [0.2, 0.25) is 0 Å². The number of rotatable bonds is 10. The molecule has 0 N–H and O–H groups in total. The molecule has 2 aromatic carbocycles. The Labute approximate surface area is 255 Å². The van der Waals surface area contributed by atoms with Gasteiger partial charge in [-0.15, -0.1) is 0 Å². The summed E-state index contributed by atoms with van der Waals surface area (Å²) in [5.41, 5.74) is 2.66. The number of Topliss-reactive ketones (excluding diaryl/α,β-unsaturated/α-hetero) is 1. The zero-order valence-electron chi connectivity index (χ0n) is 25.4. The van der Waals surface area contributed by atoms with E-state index in [1.807, 2.05) is 19.9 Å². The van der Waals surface area contributed by atoms with Crippen LogP contribution in [0.4, 0.5) is 4.39 Å². The third kappa shape index (κ3) is 6.30. The molecule has 7 atom stereocenters. The fourth-order valence-electron chi connectivity index (χ4n) is 8.48. The standard InChI is InChI=1S/C35H45FO6S/c1-23-10-13-27(14-11-23)43(38,39)41-19-6-3-4-8-24-20-25-21-26(42-32-9-5-7-18-40-32)12-15-28(25)34-30(36)22-35(2)29(33(24)34)16-17-31(35)37/h10-15,21,24,29-30,32-34H,3-9,16-20,22H2,1-2H3/t24-,29+,30?,32?,33+,34+,35+/m1/s1. The van der Waals surface area contributed by atoms with Crippen LogP contribution in [0.3, 0.4) is 0 Å². The van der Waals surface area contributed by atoms with Crippen LogP contribution in [-0.2, 0) is 30.3 Å². The van der Waals surface area contributed by atoms with Gasteiger partial charge < -0.3 is 9.47 Å². The number of hydrogen-bond acceptors (Lipinski definition) is 6. The lowest BCUT2D eigenvalue weighted by molar-refractivity contribution is -0.132. The van der Waals surface area contributed by atoms with Gasteiger partial charge in [0.1, 0.15) is 17.7 Å². The molecule has 6 rings (SSSR count). The van der Waals surface area contributed by atoms with Crippen molar-refractivity contribution in [2.75, 3.05) is 13.2 Å². The largest absolute Gasteiger partial charge is 0.465 e. The van der Waals surface area contributed by atoms with Crippen molar-refractivity contribution in [1.82, 2.24) is 0 Å². The molecule has 2 saturated carbocycles. The smallest absolute Gasteiger partial charge is 0.296 e. The number of carbonyl (C=O) groups is 1. The van der Waals surface area contributed by atoms with Crippen LogP contribution in [0.2, 0.25) is 0 Å². The second kappa shape index (κ2) is 12.6. The lowest BCUT2D eigenvalue weighted by atomic mass is 9.51. The summed E-state index contributed by atoms with van der Waals surface area (Å²) in [6.07, 6.45) is 7.56. The maximum absolute atomic E-state index is 16.2. The number of hydrogen-bond donors (Lipinski definition) is 0. The van der Waals surface area contributed by atoms with E-state index >= 15 is 4.39 Å². The molecule has 0 aromatic heterocycles. The van der Waals surface area contributed by atoms with Gasteiger partial charge >= 0.3 is 0 Å². The maximum Gasteiger partial charge on any atom is 0.296 e. The number of fused-ring (bicyclic) bond motifs is 5. The van der Waals surface area contributed by atoms with Gasteiger partial charge in [0.25, 0.3) is 10.1 Å². The molecule has 1 saturated heterocycles. The number of benzene rings is 2. The molecular formula is C35H45FO6S. The van der Waals surface area contributed by atoms with Gasteiger partial charge in [0.05, 0.1) is 18.1 Å². The molecule has 234 valence electrons. The highest BCUT2D eigenvalue weighted by molar-refractivity contribution is 7.86. The molecule has 0 radical (unpaired) electrons. The van der Waals surface area contributed by atoms with Crippen LogP contribution in [0.1, 0.15) is 93.7 Å². The zero-order valence-corrected chi connectivity index (χ0v) is 26.3. The highest BCUT2D eigenvalue weighted by atomic mass is 32.2. The number of alkyl halides is 1. The summed E-state index contributed by atoms with van der Waals surface area (Å²) in [7, 11) is -3.77. The molecule has 1 heterocycles. The molecule has 43 heavy (non-hydrogen) atoms. The second-order valence-corrected chi connectivity index (χ2v) is 15.1. The first-order chi connectivity index (χ1) is 20.7. The summed E-state index contributed by atoms with van der Waals surface area (Å²) in [6.45, 7) is 4.78. The normalized spacial score (nSPS) is 32.1. The van der Waals surface area contributed by atoms with E-state index in [-0.39, 0.29) is 47.2 Å². The monoisotopic (exact) mass is 612 g/mol. The van der Waals surface area contributed by atoms with Crippen LogP contribution >= 0.6 is 0 Å². The van der Waals surface area contributed by atoms with E-state index < -0.39 is 21.7 Å². The summed E-state index contributed by atoms with van der Waals surface area (Å²) in [6, 6.07) is 12.8. The van der Waals surface area contributed by atoms with Crippen molar-refractivity contribution in [3.8, 4) is 5.75 Å². The third-order valence-electron chi connectivity index (χ3n) is 10.7. The summed E-state index contributed by atoms with van der Waals surface area (Å²) in [4.78, 5) is 13.2. The predicted molar refractivity (Wildman–Crippen MR) is 162 cm³/mol. The van der Waals surface area contributed by atoms with E-state index in [0.717, 1.165) is 73.8 Å². The van der Waals surface area contributed by atoms with E-state index in [1.165, 1.54) is 0 Å².